The number of hydrogen-bond donors (Lipinski definition) is 0. The fourth-order valence-corrected chi connectivity index (χ4v) is 4.84. The van der Waals surface area contributed by atoms with Crippen LogP contribution < -0.4 is 13.8 Å². The molecule has 178 valence electrons. The number of hydrogen-bond acceptors (Lipinski definition) is 10. The van der Waals surface area contributed by atoms with Crippen molar-refractivity contribution in [3.63, 3.8) is 0 Å². The predicted molar refractivity (Wildman–Crippen MR) is 140 cm³/mol. The van der Waals surface area contributed by atoms with E-state index in [0.29, 0.717) is 47.9 Å². The standard InChI is InChI=1S/C21H25IN4O5S2/c1-5-30-18(27)13-33-25(11-12-32-22)21-24-23-20(17-10-9-14(2)31-17)26(21)19-15(28-3)7-6-8-16(19)29-4/h6-10H,5,11-13H2,1-4H3. The molecule has 3 rings (SSSR count). The van der Waals surface area contributed by atoms with Crippen molar-refractivity contribution in [2.75, 3.05) is 43.2 Å². The molecule has 0 aliphatic heterocycles. The van der Waals surface area contributed by atoms with E-state index in [-0.39, 0.29) is 11.7 Å². The van der Waals surface area contributed by atoms with Crippen molar-refractivity contribution in [3.05, 3.63) is 36.1 Å². The zero-order valence-corrected chi connectivity index (χ0v) is 22.5. The Kier molecular flexibility index (Phi) is 9.62. The Morgan fingerprint density at radius 2 is 1.91 bits per heavy atom. The summed E-state index contributed by atoms with van der Waals surface area (Å²) in [5, 5.41) is 8.94. The average Bonchev–Trinajstić information content (AvgIpc) is 3.44. The van der Waals surface area contributed by atoms with E-state index < -0.39 is 0 Å². The van der Waals surface area contributed by atoms with Gasteiger partial charge >= 0.3 is 5.97 Å². The largest absolute Gasteiger partial charge is 0.494 e. The second-order valence-corrected chi connectivity index (χ2v) is 10.1. The number of rotatable bonds is 12. The van der Waals surface area contributed by atoms with E-state index >= 15 is 0 Å². The van der Waals surface area contributed by atoms with Crippen LogP contribution in [0.5, 0.6) is 11.5 Å². The van der Waals surface area contributed by atoms with E-state index in [1.807, 2.05) is 46.1 Å². The highest BCUT2D eigenvalue weighted by Gasteiger charge is 2.27. The smallest absolute Gasteiger partial charge is 0.317 e. The molecule has 0 saturated heterocycles. The SMILES string of the molecule is CCOC(=O)CSN(CCSI)c1nnc(-c2ccc(C)o2)n1-c1c(OC)cccc1OC. The normalized spacial score (nSPS) is 10.8. The van der Waals surface area contributed by atoms with Crippen LogP contribution in [0.2, 0.25) is 0 Å². The molecule has 0 fully saturated rings. The summed E-state index contributed by atoms with van der Waals surface area (Å²) in [5.41, 5.74) is 0.635. The van der Waals surface area contributed by atoms with E-state index in [2.05, 4.69) is 31.4 Å². The molecule has 9 nitrogen and oxygen atoms in total. The predicted octanol–water partition coefficient (Wildman–Crippen LogP) is 4.95. The van der Waals surface area contributed by atoms with Crippen molar-refractivity contribution in [1.82, 2.24) is 14.8 Å². The molecule has 3 aromatic rings. The number of furan rings is 1. The molecule has 12 heteroatoms. The first-order valence-corrected chi connectivity index (χ1v) is 14.5. The van der Waals surface area contributed by atoms with Crippen LogP contribution in [0.4, 0.5) is 5.95 Å². The maximum atomic E-state index is 12.1. The summed E-state index contributed by atoms with van der Waals surface area (Å²) >= 11 is 3.57. The van der Waals surface area contributed by atoms with Gasteiger partial charge in [-0.1, -0.05) is 15.0 Å². The van der Waals surface area contributed by atoms with Crippen LogP contribution in [0.15, 0.2) is 34.7 Å². The summed E-state index contributed by atoms with van der Waals surface area (Å²) in [6.07, 6.45) is 0. The van der Waals surface area contributed by atoms with Crippen molar-refractivity contribution in [1.29, 1.82) is 0 Å². The summed E-state index contributed by atoms with van der Waals surface area (Å²) in [7, 11) is 4.86. The van der Waals surface area contributed by atoms with Gasteiger partial charge in [0.05, 0.1) is 20.8 Å². The molecule has 0 radical (unpaired) electrons. The van der Waals surface area contributed by atoms with Gasteiger partial charge in [-0.15, -0.1) is 10.2 Å². The maximum Gasteiger partial charge on any atom is 0.317 e. The molecule has 0 saturated carbocycles. The van der Waals surface area contributed by atoms with Crippen molar-refractivity contribution >= 4 is 54.0 Å². The molecular formula is C21H25IN4O5S2. The van der Waals surface area contributed by atoms with Gasteiger partial charge in [-0.05, 0) is 71.3 Å². The molecule has 0 atom stereocenters. The molecule has 2 aromatic heterocycles. The Bertz CT molecular complexity index is 1050. The summed E-state index contributed by atoms with van der Waals surface area (Å²) in [6, 6.07) is 9.25. The van der Waals surface area contributed by atoms with Gasteiger partial charge in [0.1, 0.15) is 28.7 Å². The maximum absolute atomic E-state index is 12.1. The molecule has 2 heterocycles. The van der Waals surface area contributed by atoms with E-state index in [0.717, 1.165) is 11.5 Å². The number of carbonyl (C=O) groups excluding carboxylic acids is 1. The average molecular weight is 604 g/mol. The van der Waals surface area contributed by atoms with Gasteiger partial charge in [0.25, 0.3) is 0 Å². The third kappa shape index (κ3) is 6.09. The number of esters is 1. The minimum atomic E-state index is -0.294. The Morgan fingerprint density at radius 1 is 1.18 bits per heavy atom. The van der Waals surface area contributed by atoms with Crippen LogP contribution >= 0.6 is 42.1 Å². The van der Waals surface area contributed by atoms with Crippen LogP contribution in [0, 0.1) is 6.92 Å². The molecule has 1 aromatic carbocycles. The molecule has 0 N–H and O–H groups in total. The minimum Gasteiger partial charge on any atom is -0.494 e. The molecule has 0 aliphatic carbocycles. The fourth-order valence-electron chi connectivity index (χ4n) is 3.08. The first-order chi connectivity index (χ1) is 16.0. The van der Waals surface area contributed by atoms with Crippen molar-refractivity contribution in [2.45, 2.75) is 13.8 Å². The van der Waals surface area contributed by atoms with Gasteiger partial charge in [0, 0.05) is 12.3 Å². The van der Waals surface area contributed by atoms with E-state index in [1.165, 1.54) is 11.9 Å². The van der Waals surface area contributed by atoms with Gasteiger partial charge in [-0.25, -0.2) is 0 Å². The number of benzene rings is 1. The number of nitrogens with zero attached hydrogens (tertiary/aromatic N) is 4. The second-order valence-electron chi connectivity index (χ2n) is 6.57. The topological polar surface area (TPSA) is 91.9 Å². The lowest BCUT2D eigenvalue weighted by Crippen LogP contribution is -2.24. The van der Waals surface area contributed by atoms with Crippen LogP contribution in [-0.4, -0.2) is 59.6 Å². The lowest BCUT2D eigenvalue weighted by molar-refractivity contribution is -0.139. The van der Waals surface area contributed by atoms with Gasteiger partial charge in [0.2, 0.25) is 11.8 Å². The van der Waals surface area contributed by atoms with Gasteiger partial charge in [-0.2, -0.15) is 0 Å². The fraction of sp³-hybridized carbons (Fsp3) is 0.381. The minimum absolute atomic E-state index is 0.144. The van der Waals surface area contributed by atoms with E-state index in [9.17, 15) is 4.79 Å². The Morgan fingerprint density at radius 3 is 2.48 bits per heavy atom. The van der Waals surface area contributed by atoms with Crippen LogP contribution in [0.25, 0.3) is 17.3 Å². The summed E-state index contributed by atoms with van der Waals surface area (Å²) in [5.74, 6) is 4.13. The summed E-state index contributed by atoms with van der Waals surface area (Å²) < 4.78 is 26.1. The second kappa shape index (κ2) is 12.4. The first-order valence-electron chi connectivity index (χ1n) is 10.1. The van der Waals surface area contributed by atoms with E-state index in [4.69, 9.17) is 18.6 Å². The number of para-hydroxylation sites is 1. The highest BCUT2D eigenvalue weighted by Crippen LogP contribution is 2.39. The van der Waals surface area contributed by atoms with Gasteiger partial charge < -0.3 is 18.6 Å². The molecule has 0 amide bonds. The summed E-state index contributed by atoms with van der Waals surface area (Å²) in [4.78, 5) is 12.1. The zero-order chi connectivity index (χ0) is 23.8. The highest BCUT2D eigenvalue weighted by atomic mass is 127. The number of halogens is 1. The van der Waals surface area contributed by atoms with Crippen molar-refractivity contribution < 1.29 is 23.4 Å². The molecule has 0 spiro atoms. The van der Waals surface area contributed by atoms with Gasteiger partial charge in [0.15, 0.2) is 5.76 Å². The monoisotopic (exact) mass is 604 g/mol. The Labute approximate surface area is 213 Å². The lowest BCUT2D eigenvalue weighted by Gasteiger charge is -2.23. The van der Waals surface area contributed by atoms with Crippen LogP contribution in [-0.2, 0) is 9.53 Å². The summed E-state index contributed by atoms with van der Waals surface area (Å²) in [6.45, 7) is 4.60. The molecule has 33 heavy (non-hydrogen) atoms. The van der Waals surface area contributed by atoms with E-state index in [1.54, 1.807) is 30.1 Å². The first kappa shape index (κ1) is 25.6. The van der Waals surface area contributed by atoms with Crippen molar-refractivity contribution in [3.8, 4) is 28.8 Å². The van der Waals surface area contributed by atoms with Crippen molar-refractivity contribution in [2.24, 2.45) is 0 Å². The molecule has 0 aliphatic rings. The quantitative estimate of drug-likeness (QED) is 0.161. The third-order valence-electron chi connectivity index (χ3n) is 4.47. The van der Waals surface area contributed by atoms with Crippen LogP contribution in [0.3, 0.4) is 0 Å². The zero-order valence-electron chi connectivity index (χ0n) is 18.7. The Balaban J connectivity index is 2.17. The Hall–Kier alpha value is -2.06. The number of anilines is 1. The number of ether oxygens (including phenoxy) is 3. The molecular weight excluding hydrogens is 579 g/mol. The lowest BCUT2D eigenvalue weighted by atomic mass is 10.2. The number of carbonyl (C=O) groups is 1. The number of methoxy groups -OCH3 is 2. The third-order valence-corrected chi connectivity index (χ3v) is 7.15. The molecule has 0 bridgehead atoms. The molecule has 0 unspecified atom stereocenters. The number of aromatic nitrogens is 3. The highest BCUT2D eigenvalue weighted by molar-refractivity contribution is 14.2. The van der Waals surface area contributed by atoms with Crippen LogP contribution in [0.1, 0.15) is 12.7 Å². The number of aryl methyl sites for hydroxylation is 1. The van der Waals surface area contributed by atoms with Gasteiger partial charge in [-0.3, -0.25) is 13.7 Å².